The molecule has 0 amide bonds. The minimum Gasteiger partial charge on any atom is -0.323 e. The predicted octanol–water partition coefficient (Wildman–Crippen LogP) is 1.78. The van der Waals surface area contributed by atoms with Crippen LogP contribution in [0, 0.1) is 0 Å². The quantitative estimate of drug-likeness (QED) is 0.633. The third kappa shape index (κ3) is 1.81. The Labute approximate surface area is 109 Å². The highest BCUT2D eigenvalue weighted by molar-refractivity contribution is 7.72. The second-order valence-corrected chi connectivity index (χ2v) is 8.02. The van der Waals surface area contributed by atoms with E-state index in [1.54, 1.807) is 6.07 Å². The summed E-state index contributed by atoms with van der Waals surface area (Å²) in [6.45, 7) is 3.39. The molecule has 1 aliphatic rings. The van der Waals surface area contributed by atoms with Crippen molar-refractivity contribution in [3.8, 4) is 0 Å². The maximum atomic E-state index is 11.8. The molecule has 0 unspecified atom stereocenters. The van der Waals surface area contributed by atoms with E-state index in [9.17, 15) is 28.7 Å². The van der Waals surface area contributed by atoms with E-state index in [1.807, 2.05) is 0 Å². The summed E-state index contributed by atoms with van der Waals surface area (Å²) in [5.41, 5.74) is 0.117. The van der Waals surface area contributed by atoms with E-state index >= 15 is 0 Å². The highest BCUT2D eigenvalue weighted by Gasteiger charge is 2.65. The smallest absolute Gasteiger partial charge is 0.323 e. The number of rotatable bonds is 3. The average molecular weight is 302 g/mol. The molecular formula is C11H12O6P2. The molecule has 0 spiro atoms. The Balaban J connectivity index is 2.96. The van der Waals surface area contributed by atoms with Crippen molar-refractivity contribution in [3.63, 3.8) is 0 Å². The van der Waals surface area contributed by atoms with Crippen LogP contribution in [0.1, 0.15) is 11.1 Å². The maximum Gasteiger partial charge on any atom is 0.352 e. The van der Waals surface area contributed by atoms with Crippen LogP contribution in [0.25, 0.3) is 6.08 Å². The van der Waals surface area contributed by atoms with Crippen LogP contribution >= 0.6 is 15.2 Å². The van der Waals surface area contributed by atoms with Crippen LogP contribution in [-0.2, 0) is 14.0 Å². The molecule has 0 aromatic heterocycles. The fourth-order valence-electron chi connectivity index (χ4n) is 2.39. The molecule has 2 rings (SSSR count). The number of fused-ring (bicyclic) bond motifs is 1. The summed E-state index contributed by atoms with van der Waals surface area (Å²) in [6.07, 6.45) is 2.40. The Morgan fingerprint density at radius 3 is 2.05 bits per heavy atom. The molecule has 6 nitrogen and oxygen atoms in total. The fraction of sp³-hybridized carbons (Fsp3) is 0.0909. The summed E-state index contributed by atoms with van der Waals surface area (Å²) >= 11 is 0. The van der Waals surface area contributed by atoms with Gasteiger partial charge in [0.15, 0.2) is 0 Å². The van der Waals surface area contributed by atoms with E-state index in [0.717, 1.165) is 6.08 Å². The zero-order valence-corrected chi connectivity index (χ0v) is 11.5. The van der Waals surface area contributed by atoms with E-state index in [-0.39, 0.29) is 11.1 Å². The molecule has 0 heterocycles. The molecule has 0 atom stereocenters. The molecule has 0 saturated heterocycles. The van der Waals surface area contributed by atoms with Gasteiger partial charge >= 0.3 is 15.2 Å². The average Bonchev–Trinajstić information content (AvgIpc) is 2.62. The highest BCUT2D eigenvalue weighted by Crippen LogP contribution is 2.79. The van der Waals surface area contributed by atoms with E-state index in [4.69, 9.17) is 0 Å². The normalized spacial score (nSPS) is 17.8. The van der Waals surface area contributed by atoms with Crippen molar-refractivity contribution >= 4 is 21.3 Å². The zero-order chi connectivity index (χ0) is 14.5. The van der Waals surface area contributed by atoms with Crippen molar-refractivity contribution in [2.45, 2.75) is 4.90 Å². The third-order valence-electron chi connectivity index (χ3n) is 3.11. The Morgan fingerprint density at radius 1 is 1.05 bits per heavy atom. The summed E-state index contributed by atoms with van der Waals surface area (Å²) in [7, 11) is -10.3. The molecule has 0 radical (unpaired) electrons. The van der Waals surface area contributed by atoms with Gasteiger partial charge < -0.3 is 19.6 Å². The van der Waals surface area contributed by atoms with Crippen molar-refractivity contribution in [2.75, 3.05) is 0 Å². The Bertz CT molecular complexity index is 644. The fourth-order valence-corrected chi connectivity index (χ4v) is 5.76. The first-order valence-corrected chi connectivity index (χ1v) is 8.44. The topological polar surface area (TPSA) is 115 Å². The standard InChI is InChI=1S/C11H12O6P2/c1-2-9-7-8-5-3-4-6-10(8)11(9,18(12,13)14)19(15,16)17/h2-7H,1H2,(H2,12,13,14)(H2,15,16,17). The second-order valence-electron chi connectivity index (χ2n) is 4.15. The van der Waals surface area contributed by atoms with Gasteiger partial charge in [-0.3, -0.25) is 9.13 Å². The molecule has 0 saturated carbocycles. The van der Waals surface area contributed by atoms with Crippen LogP contribution in [0.4, 0.5) is 0 Å². The van der Waals surface area contributed by atoms with Gasteiger partial charge in [-0.2, -0.15) is 0 Å². The zero-order valence-electron chi connectivity index (χ0n) is 9.67. The first-order valence-electron chi connectivity index (χ1n) is 5.21. The lowest BCUT2D eigenvalue weighted by molar-refractivity contribution is 0.321. The van der Waals surface area contributed by atoms with Crippen LogP contribution in [0.2, 0.25) is 0 Å². The third-order valence-corrected chi connectivity index (χ3v) is 7.36. The van der Waals surface area contributed by atoms with Crippen LogP contribution in [0.3, 0.4) is 0 Å². The van der Waals surface area contributed by atoms with Crippen LogP contribution in [0.15, 0.2) is 42.5 Å². The SMILES string of the molecule is C=CC1=Cc2ccccc2C1(P(=O)(O)O)P(=O)(O)O. The predicted molar refractivity (Wildman–Crippen MR) is 70.4 cm³/mol. The van der Waals surface area contributed by atoms with E-state index in [0.29, 0.717) is 5.56 Å². The van der Waals surface area contributed by atoms with E-state index in [1.165, 1.54) is 24.3 Å². The van der Waals surface area contributed by atoms with Crippen molar-refractivity contribution in [2.24, 2.45) is 0 Å². The van der Waals surface area contributed by atoms with Crippen molar-refractivity contribution in [1.82, 2.24) is 0 Å². The lowest BCUT2D eigenvalue weighted by atomic mass is 10.1. The molecule has 0 fully saturated rings. The van der Waals surface area contributed by atoms with Gasteiger partial charge in [0.1, 0.15) is 0 Å². The van der Waals surface area contributed by atoms with Gasteiger partial charge in [-0.15, -0.1) is 0 Å². The second kappa shape index (κ2) is 4.25. The molecule has 1 aromatic carbocycles. The summed E-state index contributed by atoms with van der Waals surface area (Å²) in [4.78, 5) is 35.7. The summed E-state index contributed by atoms with van der Waals surface area (Å²) in [6, 6.07) is 5.93. The molecule has 1 aliphatic carbocycles. The largest absolute Gasteiger partial charge is 0.352 e. The van der Waals surface area contributed by atoms with Crippen molar-refractivity contribution in [3.05, 3.63) is 53.6 Å². The molecule has 102 valence electrons. The van der Waals surface area contributed by atoms with Crippen LogP contribution < -0.4 is 0 Å². The number of benzene rings is 1. The Hall–Kier alpha value is -1.00. The summed E-state index contributed by atoms with van der Waals surface area (Å²) in [5, 5.41) is 0. The Kier molecular flexibility index (Phi) is 3.22. The van der Waals surface area contributed by atoms with Gasteiger partial charge in [0.25, 0.3) is 0 Å². The minimum atomic E-state index is -5.17. The van der Waals surface area contributed by atoms with Gasteiger partial charge in [-0.25, -0.2) is 0 Å². The lowest BCUT2D eigenvalue weighted by Gasteiger charge is -2.33. The van der Waals surface area contributed by atoms with E-state index < -0.39 is 20.1 Å². The monoisotopic (exact) mass is 302 g/mol. The molecule has 1 aromatic rings. The number of hydrogen-bond acceptors (Lipinski definition) is 2. The highest BCUT2D eigenvalue weighted by atomic mass is 31.2. The number of allylic oxidation sites excluding steroid dienone is 2. The van der Waals surface area contributed by atoms with Gasteiger partial charge in [0.2, 0.25) is 4.90 Å². The molecule has 4 N–H and O–H groups in total. The van der Waals surface area contributed by atoms with Crippen LogP contribution in [0.5, 0.6) is 0 Å². The van der Waals surface area contributed by atoms with Gasteiger partial charge in [-0.05, 0) is 22.8 Å². The first kappa shape index (κ1) is 14.4. The molecule has 8 heteroatoms. The molecule has 0 aliphatic heterocycles. The van der Waals surface area contributed by atoms with Gasteiger partial charge in [0.05, 0.1) is 0 Å². The molecule has 0 bridgehead atoms. The lowest BCUT2D eigenvalue weighted by Crippen LogP contribution is -2.26. The Morgan fingerprint density at radius 2 is 1.58 bits per heavy atom. The first-order chi connectivity index (χ1) is 8.66. The maximum absolute atomic E-state index is 11.8. The van der Waals surface area contributed by atoms with Crippen LogP contribution in [-0.4, -0.2) is 19.6 Å². The minimum absolute atomic E-state index is 0.0773. The van der Waals surface area contributed by atoms with Crippen molar-refractivity contribution in [1.29, 1.82) is 0 Å². The van der Waals surface area contributed by atoms with E-state index in [2.05, 4.69) is 6.58 Å². The summed E-state index contributed by atoms with van der Waals surface area (Å²) < 4.78 is 23.7. The molecule has 19 heavy (non-hydrogen) atoms. The molecular weight excluding hydrogens is 290 g/mol. The number of hydrogen-bond donors (Lipinski definition) is 4. The van der Waals surface area contributed by atoms with Gasteiger partial charge in [-0.1, -0.05) is 36.9 Å². The van der Waals surface area contributed by atoms with Crippen molar-refractivity contribution < 1.29 is 28.7 Å². The van der Waals surface area contributed by atoms with Gasteiger partial charge in [0, 0.05) is 0 Å². The summed E-state index contributed by atoms with van der Waals surface area (Å²) in [5.74, 6) is 0.